The monoisotopic (exact) mass is 283 g/mol. The summed E-state index contributed by atoms with van der Waals surface area (Å²) >= 11 is 1.73. The Morgan fingerprint density at radius 3 is 2.68 bits per heavy atom. The molecule has 106 valence electrons. The van der Waals surface area contributed by atoms with Gasteiger partial charge in [-0.1, -0.05) is 12.1 Å². The summed E-state index contributed by atoms with van der Waals surface area (Å²) in [6.45, 7) is 1.44. The third-order valence-electron chi connectivity index (χ3n) is 2.51. The molecule has 0 atom stereocenters. The second-order valence-corrected chi connectivity index (χ2v) is 5.30. The average molecular weight is 283 g/mol. The smallest absolute Gasteiger partial charge is 0.251 e. The molecule has 1 aromatic rings. The Bertz CT molecular complexity index is 367. The van der Waals surface area contributed by atoms with Gasteiger partial charge >= 0.3 is 0 Å². The molecule has 0 radical (unpaired) electrons. The van der Waals surface area contributed by atoms with E-state index in [4.69, 9.17) is 9.84 Å². The van der Waals surface area contributed by atoms with Gasteiger partial charge in [-0.05, 0) is 29.9 Å². The molecule has 0 bridgehead atoms. The molecule has 19 heavy (non-hydrogen) atoms. The van der Waals surface area contributed by atoms with Crippen LogP contribution in [0.4, 0.5) is 0 Å². The minimum atomic E-state index is -0.0493. The van der Waals surface area contributed by atoms with Crippen LogP contribution < -0.4 is 5.32 Å². The minimum absolute atomic E-state index is 0.0493. The molecule has 0 aliphatic rings. The van der Waals surface area contributed by atoms with E-state index in [-0.39, 0.29) is 12.5 Å². The molecule has 0 aliphatic carbocycles. The molecule has 0 unspecified atom stereocenters. The van der Waals surface area contributed by atoms with Crippen LogP contribution in [0.1, 0.15) is 22.3 Å². The fraction of sp³-hybridized carbons (Fsp3) is 0.500. The van der Waals surface area contributed by atoms with Crippen molar-refractivity contribution in [2.45, 2.75) is 13.0 Å². The lowest BCUT2D eigenvalue weighted by molar-refractivity contribution is 0.0956. The fourth-order valence-corrected chi connectivity index (χ4v) is 2.31. The van der Waals surface area contributed by atoms with Crippen LogP contribution in [-0.2, 0) is 11.3 Å². The lowest BCUT2D eigenvalue weighted by atomic mass is 10.1. The molecule has 0 aromatic heterocycles. The number of carbonyl (C=O) groups is 1. The Kier molecular flexibility index (Phi) is 8.29. The molecule has 1 rings (SSSR count). The van der Waals surface area contributed by atoms with Gasteiger partial charge in [-0.15, -0.1) is 0 Å². The zero-order valence-electron chi connectivity index (χ0n) is 11.2. The van der Waals surface area contributed by atoms with E-state index < -0.39 is 0 Å². The van der Waals surface area contributed by atoms with Crippen molar-refractivity contribution in [2.24, 2.45) is 0 Å². The van der Waals surface area contributed by atoms with E-state index in [9.17, 15) is 4.79 Å². The summed E-state index contributed by atoms with van der Waals surface area (Å²) in [7, 11) is 1.65. The number of thioether (sulfide) groups is 1. The Morgan fingerprint density at radius 1 is 1.32 bits per heavy atom. The number of benzene rings is 1. The van der Waals surface area contributed by atoms with E-state index in [1.54, 1.807) is 18.9 Å². The molecule has 2 N–H and O–H groups in total. The van der Waals surface area contributed by atoms with Crippen LogP contribution in [0.15, 0.2) is 24.3 Å². The van der Waals surface area contributed by atoms with Crippen molar-refractivity contribution < 1.29 is 14.6 Å². The van der Waals surface area contributed by atoms with Crippen molar-refractivity contribution in [1.29, 1.82) is 0 Å². The number of aliphatic hydroxyl groups excluding tert-OH is 1. The lowest BCUT2D eigenvalue weighted by Gasteiger charge is -2.06. The van der Waals surface area contributed by atoms with E-state index in [0.29, 0.717) is 18.7 Å². The van der Waals surface area contributed by atoms with Crippen LogP contribution in [-0.4, -0.2) is 42.8 Å². The third kappa shape index (κ3) is 6.61. The zero-order valence-corrected chi connectivity index (χ0v) is 12.0. The first-order valence-electron chi connectivity index (χ1n) is 6.32. The van der Waals surface area contributed by atoms with Gasteiger partial charge in [-0.3, -0.25) is 4.79 Å². The van der Waals surface area contributed by atoms with Gasteiger partial charge < -0.3 is 15.2 Å². The largest absolute Gasteiger partial charge is 0.396 e. The van der Waals surface area contributed by atoms with Gasteiger partial charge in [-0.25, -0.2) is 0 Å². The van der Waals surface area contributed by atoms with Gasteiger partial charge in [0.2, 0.25) is 0 Å². The summed E-state index contributed by atoms with van der Waals surface area (Å²) in [5.41, 5.74) is 1.72. The van der Waals surface area contributed by atoms with Crippen LogP contribution in [0.3, 0.4) is 0 Å². The van der Waals surface area contributed by atoms with E-state index in [1.807, 2.05) is 24.3 Å². The number of aliphatic hydroxyl groups is 1. The SMILES string of the molecule is COCc1ccc(C(=O)NCCSCCCO)cc1. The highest BCUT2D eigenvalue weighted by molar-refractivity contribution is 7.99. The van der Waals surface area contributed by atoms with E-state index >= 15 is 0 Å². The number of nitrogens with one attached hydrogen (secondary N) is 1. The van der Waals surface area contributed by atoms with Crippen LogP contribution in [0.25, 0.3) is 0 Å². The van der Waals surface area contributed by atoms with Gasteiger partial charge in [0.1, 0.15) is 0 Å². The Balaban J connectivity index is 2.25. The molecule has 0 saturated heterocycles. The molecule has 0 saturated carbocycles. The number of ether oxygens (including phenoxy) is 1. The molecule has 0 heterocycles. The summed E-state index contributed by atoms with van der Waals surface area (Å²) < 4.78 is 5.02. The molecule has 0 fully saturated rings. The van der Waals surface area contributed by atoms with Crippen molar-refractivity contribution in [3.05, 3.63) is 35.4 Å². The molecule has 0 aliphatic heterocycles. The quantitative estimate of drug-likeness (QED) is 0.677. The molecule has 0 spiro atoms. The van der Waals surface area contributed by atoms with E-state index in [0.717, 1.165) is 23.5 Å². The van der Waals surface area contributed by atoms with Gasteiger partial charge in [0.25, 0.3) is 5.91 Å². The predicted octanol–water partition coefficient (Wildman–Crippen LogP) is 1.68. The molecular formula is C14H21NO3S. The van der Waals surface area contributed by atoms with Crippen molar-refractivity contribution in [2.75, 3.05) is 31.8 Å². The van der Waals surface area contributed by atoms with Crippen LogP contribution in [0.2, 0.25) is 0 Å². The summed E-state index contributed by atoms with van der Waals surface area (Å²) in [5, 5.41) is 11.5. The molecule has 4 nitrogen and oxygen atoms in total. The number of methoxy groups -OCH3 is 1. The third-order valence-corrected chi connectivity index (χ3v) is 3.58. The van der Waals surface area contributed by atoms with Gasteiger partial charge in [0.05, 0.1) is 6.61 Å². The molecule has 5 heteroatoms. The topological polar surface area (TPSA) is 58.6 Å². The van der Waals surface area contributed by atoms with Crippen molar-refractivity contribution in [3.8, 4) is 0 Å². The Labute approximate surface area is 118 Å². The summed E-state index contributed by atoms with van der Waals surface area (Å²) in [5.74, 6) is 1.75. The van der Waals surface area contributed by atoms with Crippen LogP contribution >= 0.6 is 11.8 Å². The highest BCUT2D eigenvalue weighted by Gasteiger charge is 2.04. The summed E-state index contributed by atoms with van der Waals surface area (Å²) in [6, 6.07) is 7.41. The number of amides is 1. The predicted molar refractivity (Wildman–Crippen MR) is 78.5 cm³/mol. The number of rotatable bonds is 9. The standard InChI is InChI=1S/C14H21NO3S/c1-18-11-12-3-5-13(6-4-12)14(17)15-7-10-19-9-2-8-16/h3-6,16H,2,7-11H2,1H3,(H,15,17). The van der Waals surface area contributed by atoms with Crippen LogP contribution in [0, 0.1) is 0 Å². The number of hydrogen-bond acceptors (Lipinski definition) is 4. The van der Waals surface area contributed by atoms with Gasteiger partial charge in [0.15, 0.2) is 0 Å². The molecule has 1 aromatic carbocycles. The van der Waals surface area contributed by atoms with E-state index in [1.165, 1.54) is 0 Å². The van der Waals surface area contributed by atoms with Gasteiger partial charge in [0, 0.05) is 31.6 Å². The fourth-order valence-electron chi connectivity index (χ4n) is 1.53. The Morgan fingerprint density at radius 2 is 2.05 bits per heavy atom. The second kappa shape index (κ2) is 9.83. The van der Waals surface area contributed by atoms with Crippen molar-refractivity contribution >= 4 is 17.7 Å². The highest BCUT2D eigenvalue weighted by atomic mass is 32.2. The maximum absolute atomic E-state index is 11.8. The van der Waals surface area contributed by atoms with Crippen molar-refractivity contribution in [3.63, 3.8) is 0 Å². The second-order valence-electron chi connectivity index (χ2n) is 4.08. The molecule has 1 amide bonds. The maximum atomic E-state index is 11.8. The lowest BCUT2D eigenvalue weighted by Crippen LogP contribution is -2.25. The number of carbonyl (C=O) groups excluding carboxylic acids is 1. The zero-order chi connectivity index (χ0) is 13.9. The first-order valence-corrected chi connectivity index (χ1v) is 7.48. The van der Waals surface area contributed by atoms with Gasteiger partial charge in [-0.2, -0.15) is 11.8 Å². The molecular weight excluding hydrogens is 262 g/mol. The first kappa shape index (κ1) is 16.0. The van der Waals surface area contributed by atoms with Crippen LogP contribution in [0.5, 0.6) is 0 Å². The minimum Gasteiger partial charge on any atom is -0.396 e. The Hall–Kier alpha value is -1.04. The van der Waals surface area contributed by atoms with Crippen molar-refractivity contribution in [1.82, 2.24) is 5.32 Å². The normalized spacial score (nSPS) is 10.4. The number of hydrogen-bond donors (Lipinski definition) is 2. The first-order chi connectivity index (χ1) is 9.27. The summed E-state index contributed by atoms with van der Waals surface area (Å²) in [6.07, 6.45) is 0.805. The summed E-state index contributed by atoms with van der Waals surface area (Å²) in [4.78, 5) is 11.8. The highest BCUT2D eigenvalue weighted by Crippen LogP contribution is 2.06. The van der Waals surface area contributed by atoms with E-state index in [2.05, 4.69) is 5.32 Å². The average Bonchev–Trinajstić information content (AvgIpc) is 2.43. The maximum Gasteiger partial charge on any atom is 0.251 e.